The Morgan fingerprint density at radius 3 is 3.06 bits per heavy atom. The number of nitriles is 1. The van der Waals surface area contributed by atoms with E-state index in [1.54, 1.807) is 0 Å². The number of hydrogen-bond donors (Lipinski definition) is 1. The van der Waals surface area contributed by atoms with Gasteiger partial charge in [-0.25, -0.2) is 0 Å². The van der Waals surface area contributed by atoms with Gasteiger partial charge in [0.1, 0.15) is 6.04 Å². The van der Waals surface area contributed by atoms with E-state index >= 15 is 0 Å². The molecule has 0 spiro atoms. The van der Waals surface area contributed by atoms with E-state index in [1.807, 2.05) is 24.3 Å². The first-order valence-electron chi connectivity index (χ1n) is 4.67. The van der Waals surface area contributed by atoms with Gasteiger partial charge in [-0.3, -0.25) is 5.32 Å². The molecule has 0 radical (unpaired) electrons. The Hall–Kier alpha value is -1.54. The lowest BCUT2D eigenvalue weighted by Crippen LogP contribution is -2.22. The van der Waals surface area contributed by atoms with Crippen molar-refractivity contribution in [2.24, 2.45) is 5.11 Å². The summed E-state index contributed by atoms with van der Waals surface area (Å²) in [6.45, 7) is 0.817. The Balaban J connectivity index is 2.61. The number of halogens is 1. The monoisotopic (exact) mass is 279 g/mol. The van der Waals surface area contributed by atoms with Gasteiger partial charge in [-0.05, 0) is 23.2 Å². The van der Waals surface area contributed by atoms with E-state index < -0.39 is 0 Å². The van der Waals surface area contributed by atoms with Gasteiger partial charge in [-0.2, -0.15) is 5.26 Å². The molecule has 0 aliphatic carbocycles. The van der Waals surface area contributed by atoms with E-state index in [4.69, 9.17) is 10.8 Å². The molecule has 1 unspecified atom stereocenters. The molecule has 1 rings (SSSR count). The summed E-state index contributed by atoms with van der Waals surface area (Å²) in [7, 11) is 0. The lowest BCUT2D eigenvalue weighted by Gasteiger charge is -2.10. The van der Waals surface area contributed by atoms with Crippen molar-refractivity contribution in [2.45, 2.75) is 6.04 Å². The summed E-state index contributed by atoms with van der Waals surface area (Å²) in [6, 6.07) is 9.30. The van der Waals surface area contributed by atoms with Crippen molar-refractivity contribution < 1.29 is 0 Å². The van der Waals surface area contributed by atoms with Crippen molar-refractivity contribution in [1.82, 2.24) is 5.32 Å². The Labute approximate surface area is 102 Å². The van der Waals surface area contributed by atoms with E-state index in [9.17, 15) is 0 Å². The third-order valence-electron chi connectivity index (χ3n) is 1.93. The minimum atomic E-state index is -0.383. The molecule has 0 aliphatic heterocycles. The highest BCUT2D eigenvalue weighted by Gasteiger charge is 2.08. The van der Waals surface area contributed by atoms with Gasteiger partial charge in [-0.1, -0.05) is 33.2 Å². The fourth-order valence-electron chi connectivity index (χ4n) is 1.23. The molecule has 0 aliphatic rings. The van der Waals surface area contributed by atoms with Gasteiger partial charge in [0.15, 0.2) is 0 Å². The number of nitrogens with zero attached hydrogens (tertiary/aromatic N) is 4. The molecule has 1 atom stereocenters. The topological polar surface area (TPSA) is 84.6 Å². The highest BCUT2D eigenvalue weighted by Crippen LogP contribution is 2.17. The van der Waals surface area contributed by atoms with E-state index in [1.165, 1.54) is 0 Å². The molecular weight excluding hydrogens is 270 g/mol. The Bertz CT molecular complexity index is 433. The molecule has 5 nitrogen and oxygen atoms in total. The van der Waals surface area contributed by atoms with Crippen LogP contribution < -0.4 is 5.32 Å². The van der Waals surface area contributed by atoms with Crippen molar-refractivity contribution in [1.29, 1.82) is 5.26 Å². The lowest BCUT2D eigenvalue weighted by atomic mass is 10.1. The maximum atomic E-state index is 9.00. The first-order chi connectivity index (χ1) is 7.77. The highest BCUT2D eigenvalue weighted by molar-refractivity contribution is 9.10. The predicted molar refractivity (Wildman–Crippen MR) is 64.5 cm³/mol. The average Bonchev–Trinajstić information content (AvgIpc) is 2.29. The quantitative estimate of drug-likeness (QED) is 0.389. The summed E-state index contributed by atoms with van der Waals surface area (Å²) in [4.78, 5) is 2.64. The first-order valence-corrected chi connectivity index (χ1v) is 5.46. The van der Waals surface area contributed by atoms with Crippen LogP contribution >= 0.6 is 15.9 Å². The predicted octanol–water partition coefficient (Wildman–Crippen LogP) is 2.91. The van der Waals surface area contributed by atoms with Crippen molar-refractivity contribution in [2.75, 3.05) is 13.1 Å². The molecule has 0 heterocycles. The van der Waals surface area contributed by atoms with Gasteiger partial charge in [0.2, 0.25) is 0 Å². The van der Waals surface area contributed by atoms with Crippen LogP contribution in [-0.4, -0.2) is 13.1 Å². The van der Waals surface area contributed by atoms with E-state index in [0.29, 0.717) is 13.1 Å². The number of rotatable bonds is 5. The number of nitrogens with one attached hydrogen (secondary N) is 1. The molecular formula is C10H10BrN5. The molecule has 0 saturated heterocycles. The largest absolute Gasteiger partial charge is 0.298 e. The molecule has 82 valence electrons. The summed E-state index contributed by atoms with van der Waals surface area (Å²) >= 11 is 3.35. The van der Waals surface area contributed by atoms with Gasteiger partial charge in [0, 0.05) is 22.5 Å². The first kappa shape index (κ1) is 12.5. The summed E-state index contributed by atoms with van der Waals surface area (Å²) in [5.41, 5.74) is 8.99. The van der Waals surface area contributed by atoms with Crippen LogP contribution in [0.15, 0.2) is 33.9 Å². The highest BCUT2D eigenvalue weighted by atomic mass is 79.9. The molecule has 0 fully saturated rings. The minimum absolute atomic E-state index is 0.336. The zero-order valence-corrected chi connectivity index (χ0v) is 10.1. The van der Waals surface area contributed by atoms with Gasteiger partial charge >= 0.3 is 0 Å². The van der Waals surface area contributed by atoms with Crippen LogP contribution in [0, 0.1) is 11.3 Å². The van der Waals surface area contributed by atoms with Gasteiger partial charge < -0.3 is 0 Å². The van der Waals surface area contributed by atoms with E-state index in [0.717, 1.165) is 10.0 Å². The summed E-state index contributed by atoms with van der Waals surface area (Å²) in [6.07, 6.45) is 0. The number of hydrogen-bond acceptors (Lipinski definition) is 3. The van der Waals surface area contributed by atoms with Crippen molar-refractivity contribution in [3.63, 3.8) is 0 Å². The fourth-order valence-corrected chi connectivity index (χ4v) is 1.64. The van der Waals surface area contributed by atoms with Gasteiger partial charge in [0.05, 0.1) is 6.07 Å². The second kappa shape index (κ2) is 6.85. The van der Waals surface area contributed by atoms with Crippen molar-refractivity contribution >= 4 is 15.9 Å². The third kappa shape index (κ3) is 3.91. The molecule has 0 saturated carbocycles. The van der Waals surface area contributed by atoms with Gasteiger partial charge in [0.25, 0.3) is 0 Å². The zero-order valence-electron chi connectivity index (χ0n) is 8.47. The minimum Gasteiger partial charge on any atom is -0.298 e. The van der Waals surface area contributed by atoms with Crippen LogP contribution in [0.5, 0.6) is 0 Å². The fraction of sp³-hybridized carbons (Fsp3) is 0.300. The standard InChI is InChI=1S/C10H10BrN5/c11-9-3-1-2-8(6-9)10(7-12)14-4-5-15-16-13/h1-3,6,10,14H,4-5H2. The molecule has 6 heteroatoms. The summed E-state index contributed by atoms with van der Waals surface area (Å²) in [5.74, 6) is 0. The Kier molecular flexibility index (Phi) is 5.37. The maximum absolute atomic E-state index is 9.00. The summed E-state index contributed by atoms with van der Waals surface area (Å²) in [5, 5.41) is 15.4. The number of azide groups is 1. The molecule has 1 aromatic rings. The van der Waals surface area contributed by atoms with Crippen LogP contribution in [0.4, 0.5) is 0 Å². The Morgan fingerprint density at radius 2 is 2.44 bits per heavy atom. The van der Waals surface area contributed by atoms with Crippen LogP contribution in [0.3, 0.4) is 0 Å². The number of benzene rings is 1. The van der Waals surface area contributed by atoms with Crippen molar-refractivity contribution in [3.8, 4) is 6.07 Å². The molecule has 0 bridgehead atoms. The van der Waals surface area contributed by atoms with E-state index in [2.05, 4.69) is 37.3 Å². The maximum Gasteiger partial charge on any atom is 0.121 e. The summed E-state index contributed by atoms with van der Waals surface area (Å²) < 4.78 is 0.932. The van der Waals surface area contributed by atoms with Crippen LogP contribution in [0.25, 0.3) is 10.4 Å². The average molecular weight is 280 g/mol. The van der Waals surface area contributed by atoms with Gasteiger partial charge in [-0.15, -0.1) is 0 Å². The Morgan fingerprint density at radius 1 is 1.62 bits per heavy atom. The second-order valence-electron chi connectivity index (χ2n) is 3.03. The third-order valence-corrected chi connectivity index (χ3v) is 2.43. The van der Waals surface area contributed by atoms with E-state index in [-0.39, 0.29) is 6.04 Å². The van der Waals surface area contributed by atoms with Crippen LogP contribution in [0.2, 0.25) is 0 Å². The van der Waals surface area contributed by atoms with Crippen LogP contribution in [0.1, 0.15) is 11.6 Å². The SMILES string of the molecule is N#CC(NCCN=[N+]=[N-])c1cccc(Br)c1. The van der Waals surface area contributed by atoms with Crippen molar-refractivity contribution in [3.05, 3.63) is 44.7 Å². The lowest BCUT2D eigenvalue weighted by molar-refractivity contribution is 0.635. The zero-order chi connectivity index (χ0) is 11.8. The normalized spacial score (nSPS) is 11.2. The molecule has 16 heavy (non-hydrogen) atoms. The smallest absolute Gasteiger partial charge is 0.121 e. The molecule has 0 aromatic heterocycles. The second-order valence-corrected chi connectivity index (χ2v) is 3.94. The molecule has 1 aromatic carbocycles. The molecule has 0 amide bonds. The molecule has 1 N–H and O–H groups in total. The van der Waals surface area contributed by atoms with Crippen LogP contribution in [-0.2, 0) is 0 Å².